The van der Waals surface area contributed by atoms with Crippen LogP contribution in [0.5, 0.6) is 0 Å². The molecule has 3 rings (SSSR count). The Hall–Kier alpha value is -2.14. The van der Waals surface area contributed by atoms with Crippen molar-refractivity contribution in [2.75, 3.05) is 5.32 Å². The molecule has 0 atom stereocenters. The van der Waals surface area contributed by atoms with Gasteiger partial charge in [-0.15, -0.1) is 0 Å². The summed E-state index contributed by atoms with van der Waals surface area (Å²) < 4.78 is 19.2. The van der Waals surface area contributed by atoms with Crippen molar-refractivity contribution in [3.8, 4) is 11.3 Å². The number of nitrogens with one attached hydrogen (secondary N) is 1. The fourth-order valence-corrected chi connectivity index (χ4v) is 2.24. The highest BCUT2D eigenvalue weighted by molar-refractivity contribution is 9.10. The number of hydrogen-bond acceptors (Lipinski definition) is 3. The molecule has 21 heavy (non-hydrogen) atoms. The van der Waals surface area contributed by atoms with E-state index >= 15 is 0 Å². The van der Waals surface area contributed by atoms with E-state index in [1.807, 2.05) is 30.3 Å². The van der Waals surface area contributed by atoms with E-state index in [0.717, 1.165) is 16.8 Å². The van der Waals surface area contributed by atoms with E-state index < -0.39 is 0 Å². The molecule has 0 amide bonds. The zero-order valence-corrected chi connectivity index (χ0v) is 12.6. The fraction of sp³-hybridized carbons (Fsp3) is 0.0625. The quantitative estimate of drug-likeness (QED) is 0.733. The van der Waals surface area contributed by atoms with Gasteiger partial charge in [-0.2, -0.15) is 0 Å². The molecule has 5 heteroatoms. The number of anilines is 1. The smallest absolute Gasteiger partial charge is 0.181 e. The third-order valence-electron chi connectivity index (χ3n) is 3.06. The van der Waals surface area contributed by atoms with Crippen LogP contribution in [-0.2, 0) is 6.54 Å². The SMILES string of the molecule is Fc1cc(CNc2cccc(-c3cnco3)c2)ccc1Br. The van der Waals surface area contributed by atoms with Crippen molar-refractivity contribution in [2.45, 2.75) is 6.54 Å². The Morgan fingerprint density at radius 2 is 2.10 bits per heavy atom. The van der Waals surface area contributed by atoms with Crippen LogP contribution in [0.4, 0.5) is 10.1 Å². The first kappa shape index (κ1) is 13.8. The Morgan fingerprint density at radius 1 is 1.19 bits per heavy atom. The highest BCUT2D eigenvalue weighted by Gasteiger charge is 2.03. The van der Waals surface area contributed by atoms with E-state index in [2.05, 4.69) is 26.2 Å². The average molecular weight is 347 g/mol. The molecular weight excluding hydrogens is 335 g/mol. The normalized spacial score (nSPS) is 10.6. The Bertz CT molecular complexity index is 744. The number of halogens is 2. The lowest BCUT2D eigenvalue weighted by Gasteiger charge is -2.08. The molecule has 1 N–H and O–H groups in total. The topological polar surface area (TPSA) is 38.1 Å². The summed E-state index contributed by atoms with van der Waals surface area (Å²) >= 11 is 3.15. The average Bonchev–Trinajstić information content (AvgIpc) is 3.03. The van der Waals surface area contributed by atoms with Crippen LogP contribution >= 0.6 is 15.9 Å². The highest BCUT2D eigenvalue weighted by Crippen LogP contribution is 2.23. The maximum Gasteiger partial charge on any atom is 0.181 e. The second kappa shape index (κ2) is 6.10. The van der Waals surface area contributed by atoms with E-state index in [-0.39, 0.29) is 5.82 Å². The zero-order valence-electron chi connectivity index (χ0n) is 11.0. The Morgan fingerprint density at radius 3 is 2.86 bits per heavy atom. The van der Waals surface area contributed by atoms with Crippen molar-refractivity contribution in [1.82, 2.24) is 4.98 Å². The lowest BCUT2D eigenvalue weighted by molar-refractivity contribution is 0.572. The Kier molecular flexibility index (Phi) is 4.01. The van der Waals surface area contributed by atoms with Gasteiger partial charge in [0.05, 0.1) is 10.7 Å². The van der Waals surface area contributed by atoms with Crippen LogP contribution < -0.4 is 5.32 Å². The molecule has 2 aromatic carbocycles. The van der Waals surface area contributed by atoms with Crippen LogP contribution in [0.3, 0.4) is 0 Å². The van der Waals surface area contributed by atoms with Crippen molar-refractivity contribution in [3.05, 3.63) is 70.9 Å². The van der Waals surface area contributed by atoms with Gasteiger partial charge in [0.1, 0.15) is 5.82 Å². The zero-order chi connectivity index (χ0) is 14.7. The largest absolute Gasteiger partial charge is 0.444 e. The fourth-order valence-electron chi connectivity index (χ4n) is 1.99. The van der Waals surface area contributed by atoms with Crippen molar-refractivity contribution >= 4 is 21.6 Å². The van der Waals surface area contributed by atoms with E-state index in [0.29, 0.717) is 16.8 Å². The van der Waals surface area contributed by atoms with Gasteiger partial charge in [0.2, 0.25) is 0 Å². The Balaban J connectivity index is 1.73. The molecule has 0 saturated heterocycles. The molecule has 1 aromatic heterocycles. The molecule has 1 heterocycles. The lowest BCUT2D eigenvalue weighted by atomic mass is 10.1. The van der Waals surface area contributed by atoms with Crippen molar-refractivity contribution in [2.24, 2.45) is 0 Å². The van der Waals surface area contributed by atoms with Gasteiger partial charge in [-0.25, -0.2) is 9.37 Å². The number of benzene rings is 2. The van der Waals surface area contributed by atoms with E-state index in [4.69, 9.17) is 4.42 Å². The molecule has 0 fully saturated rings. The Labute approximate surface area is 130 Å². The number of aromatic nitrogens is 1. The second-order valence-electron chi connectivity index (χ2n) is 4.55. The third kappa shape index (κ3) is 3.31. The van der Waals surface area contributed by atoms with Gasteiger partial charge in [-0.3, -0.25) is 0 Å². The summed E-state index contributed by atoms with van der Waals surface area (Å²) in [6.45, 7) is 0.546. The summed E-state index contributed by atoms with van der Waals surface area (Å²) in [5.74, 6) is 0.457. The van der Waals surface area contributed by atoms with Crippen LogP contribution in [0.2, 0.25) is 0 Å². The van der Waals surface area contributed by atoms with E-state index in [1.54, 1.807) is 12.3 Å². The van der Waals surface area contributed by atoms with Crippen LogP contribution in [0.25, 0.3) is 11.3 Å². The molecule has 0 spiro atoms. The molecule has 3 nitrogen and oxygen atoms in total. The molecule has 0 bridgehead atoms. The van der Waals surface area contributed by atoms with Gasteiger partial charge in [-0.1, -0.05) is 18.2 Å². The molecule has 0 unspecified atom stereocenters. The molecule has 106 valence electrons. The lowest BCUT2D eigenvalue weighted by Crippen LogP contribution is -2.00. The predicted octanol–water partition coefficient (Wildman–Crippen LogP) is 4.86. The third-order valence-corrected chi connectivity index (χ3v) is 3.70. The monoisotopic (exact) mass is 346 g/mol. The minimum atomic E-state index is -0.260. The molecule has 0 aliphatic heterocycles. The van der Waals surface area contributed by atoms with Gasteiger partial charge in [0.15, 0.2) is 12.2 Å². The van der Waals surface area contributed by atoms with Gasteiger partial charge in [0.25, 0.3) is 0 Å². The van der Waals surface area contributed by atoms with Crippen molar-refractivity contribution in [1.29, 1.82) is 0 Å². The maximum atomic E-state index is 13.5. The molecule has 0 radical (unpaired) electrons. The first-order chi connectivity index (χ1) is 10.2. The van der Waals surface area contributed by atoms with Crippen LogP contribution in [-0.4, -0.2) is 4.98 Å². The van der Waals surface area contributed by atoms with Gasteiger partial charge >= 0.3 is 0 Å². The van der Waals surface area contributed by atoms with Crippen molar-refractivity contribution in [3.63, 3.8) is 0 Å². The van der Waals surface area contributed by atoms with Crippen molar-refractivity contribution < 1.29 is 8.81 Å². The van der Waals surface area contributed by atoms with E-state index in [9.17, 15) is 4.39 Å². The molecule has 0 aliphatic carbocycles. The minimum absolute atomic E-state index is 0.260. The summed E-state index contributed by atoms with van der Waals surface area (Å²) in [6, 6.07) is 12.9. The van der Waals surface area contributed by atoms with E-state index in [1.165, 1.54) is 12.5 Å². The minimum Gasteiger partial charge on any atom is -0.444 e. The maximum absolute atomic E-state index is 13.5. The van der Waals surface area contributed by atoms with Gasteiger partial charge < -0.3 is 9.73 Å². The number of oxazole rings is 1. The van der Waals surface area contributed by atoms with Crippen LogP contribution in [0, 0.1) is 5.82 Å². The van der Waals surface area contributed by atoms with Gasteiger partial charge in [-0.05, 0) is 45.8 Å². The molecule has 3 aromatic rings. The molecule has 0 saturated carbocycles. The second-order valence-corrected chi connectivity index (χ2v) is 5.40. The summed E-state index contributed by atoms with van der Waals surface area (Å²) in [6.07, 6.45) is 3.07. The molecular formula is C16H12BrFN2O. The van der Waals surface area contributed by atoms with Gasteiger partial charge in [0, 0.05) is 17.8 Å². The summed E-state index contributed by atoms with van der Waals surface area (Å²) in [5, 5.41) is 3.27. The van der Waals surface area contributed by atoms with Crippen LogP contribution in [0.1, 0.15) is 5.56 Å². The first-order valence-corrected chi connectivity index (χ1v) is 7.18. The summed E-state index contributed by atoms with van der Waals surface area (Å²) in [7, 11) is 0. The number of rotatable bonds is 4. The standard InChI is InChI=1S/C16H12BrFN2O/c17-14-5-4-11(6-15(14)18)8-20-13-3-1-2-12(7-13)16-9-19-10-21-16/h1-7,9-10,20H,8H2. The number of nitrogens with zero attached hydrogens (tertiary/aromatic N) is 1. The van der Waals surface area contributed by atoms with Crippen LogP contribution in [0.15, 0.2) is 63.9 Å². The number of hydrogen-bond donors (Lipinski definition) is 1. The first-order valence-electron chi connectivity index (χ1n) is 6.39. The molecule has 0 aliphatic rings. The highest BCUT2D eigenvalue weighted by atomic mass is 79.9. The summed E-state index contributed by atoms with van der Waals surface area (Å²) in [4.78, 5) is 3.91. The summed E-state index contributed by atoms with van der Waals surface area (Å²) in [5.41, 5.74) is 2.76. The predicted molar refractivity (Wildman–Crippen MR) is 83.4 cm³/mol.